The number of rotatable bonds is 9. The van der Waals surface area contributed by atoms with Gasteiger partial charge in [-0.05, 0) is 71.8 Å². The third kappa shape index (κ3) is 13.7. The SMILES string of the molecule is C[Si](C)(C)OC(=O)CCCC(O[Si](C)(C)C)C(=O)O[Si](C)(C)C. The van der Waals surface area contributed by atoms with E-state index in [1.54, 1.807) is 0 Å². The van der Waals surface area contributed by atoms with E-state index in [0.717, 1.165) is 0 Å². The fourth-order valence-electron chi connectivity index (χ4n) is 1.84. The molecule has 0 radical (unpaired) electrons. The van der Waals surface area contributed by atoms with Crippen molar-refractivity contribution in [2.45, 2.75) is 84.3 Å². The van der Waals surface area contributed by atoms with Gasteiger partial charge in [0, 0.05) is 6.42 Å². The predicted molar refractivity (Wildman–Crippen MR) is 101 cm³/mol. The lowest BCUT2D eigenvalue weighted by atomic mass is 10.1. The Morgan fingerprint density at radius 2 is 1.26 bits per heavy atom. The molecule has 136 valence electrons. The highest BCUT2D eigenvalue weighted by Gasteiger charge is 2.31. The maximum absolute atomic E-state index is 12.3. The molecule has 1 atom stereocenters. The zero-order chi connectivity index (χ0) is 18.5. The fraction of sp³-hybridized carbons (Fsp3) is 0.867. The molecule has 0 aliphatic rings. The first kappa shape index (κ1) is 22.6. The smallest absolute Gasteiger partial charge is 0.320 e. The van der Waals surface area contributed by atoms with Gasteiger partial charge in [-0.25, -0.2) is 0 Å². The number of hydrogen-bond acceptors (Lipinski definition) is 5. The fourth-order valence-corrected chi connectivity index (χ4v) is 4.43. The van der Waals surface area contributed by atoms with Crippen molar-refractivity contribution in [2.75, 3.05) is 0 Å². The highest BCUT2D eigenvalue weighted by Crippen LogP contribution is 2.17. The predicted octanol–water partition coefficient (Wildman–Crippen LogP) is 4.13. The topological polar surface area (TPSA) is 61.8 Å². The molecule has 0 bridgehead atoms. The minimum absolute atomic E-state index is 0.186. The quantitative estimate of drug-likeness (QED) is 0.564. The molecule has 0 N–H and O–H groups in total. The molecule has 0 amide bonds. The molecule has 0 aliphatic heterocycles. The standard InChI is InChI=1S/C15H34O5Si3/c1-21(2,3)18-13(15(17)20-23(7,8)9)11-10-12-14(16)19-22(4,5)6/h13H,10-12H2,1-9H3. The van der Waals surface area contributed by atoms with Crippen LogP contribution >= 0.6 is 0 Å². The normalized spacial score (nSPS) is 14.3. The minimum Gasteiger partial charge on any atom is -0.520 e. The average Bonchev–Trinajstić information content (AvgIpc) is 2.20. The maximum atomic E-state index is 12.3. The van der Waals surface area contributed by atoms with Crippen molar-refractivity contribution in [2.24, 2.45) is 0 Å². The molecule has 0 aromatic rings. The molecular weight excluding hydrogens is 344 g/mol. The Morgan fingerprint density at radius 3 is 1.65 bits per heavy atom. The lowest BCUT2D eigenvalue weighted by Crippen LogP contribution is -2.41. The summed E-state index contributed by atoms with van der Waals surface area (Å²) in [5, 5.41) is 0. The van der Waals surface area contributed by atoms with Crippen molar-refractivity contribution in [1.82, 2.24) is 0 Å². The van der Waals surface area contributed by atoms with Crippen LogP contribution in [0.4, 0.5) is 0 Å². The molecule has 0 fully saturated rings. The second-order valence-corrected chi connectivity index (χ2v) is 22.0. The van der Waals surface area contributed by atoms with Crippen LogP contribution in [0.25, 0.3) is 0 Å². The number of hydrogen-bond donors (Lipinski definition) is 0. The first-order valence-corrected chi connectivity index (χ1v) is 18.4. The monoisotopic (exact) mass is 378 g/mol. The van der Waals surface area contributed by atoms with Crippen molar-refractivity contribution in [3.8, 4) is 0 Å². The summed E-state index contributed by atoms with van der Waals surface area (Å²) in [5.74, 6) is -0.473. The van der Waals surface area contributed by atoms with E-state index in [9.17, 15) is 9.59 Å². The van der Waals surface area contributed by atoms with Gasteiger partial charge in [-0.1, -0.05) is 0 Å². The third-order valence-electron chi connectivity index (χ3n) is 2.43. The van der Waals surface area contributed by atoms with Crippen molar-refractivity contribution >= 4 is 36.9 Å². The molecule has 0 aromatic heterocycles. The van der Waals surface area contributed by atoms with Gasteiger partial charge >= 0.3 is 5.97 Å². The highest BCUT2D eigenvalue weighted by atomic mass is 28.4. The Bertz CT molecular complexity index is 405. The minimum atomic E-state index is -1.95. The lowest BCUT2D eigenvalue weighted by Gasteiger charge is -2.28. The maximum Gasteiger partial charge on any atom is 0.320 e. The molecule has 0 rings (SSSR count). The summed E-state index contributed by atoms with van der Waals surface area (Å²) in [4.78, 5) is 24.1. The molecule has 0 aromatic carbocycles. The molecule has 0 spiro atoms. The number of carbonyl (C=O) groups excluding carboxylic acids is 2. The van der Waals surface area contributed by atoms with Crippen LogP contribution in [0.2, 0.25) is 58.9 Å². The van der Waals surface area contributed by atoms with Gasteiger partial charge < -0.3 is 13.3 Å². The Kier molecular flexibility index (Phi) is 8.42. The van der Waals surface area contributed by atoms with E-state index in [2.05, 4.69) is 0 Å². The van der Waals surface area contributed by atoms with Crippen LogP contribution in [0.1, 0.15) is 19.3 Å². The van der Waals surface area contributed by atoms with Gasteiger partial charge in [-0.15, -0.1) is 0 Å². The summed E-state index contributed by atoms with van der Waals surface area (Å²) in [6.45, 7) is 18.0. The van der Waals surface area contributed by atoms with Gasteiger partial charge in [-0.2, -0.15) is 0 Å². The van der Waals surface area contributed by atoms with Crippen LogP contribution < -0.4 is 0 Å². The third-order valence-corrected chi connectivity index (χ3v) is 5.08. The second-order valence-electron chi connectivity index (χ2n) is 8.73. The van der Waals surface area contributed by atoms with Crippen LogP contribution in [-0.2, 0) is 22.9 Å². The number of carbonyl (C=O) groups is 2. The molecule has 5 nitrogen and oxygen atoms in total. The van der Waals surface area contributed by atoms with Crippen LogP contribution in [0.15, 0.2) is 0 Å². The van der Waals surface area contributed by atoms with E-state index in [1.807, 2.05) is 58.9 Å². The van der Waals surface area contributed by atoms with E-state index >= 15 is 0 Å². The van der Waals surface area contributed by atoms with Gasteiger partial charge in [-0.3, -0.25) is 9.59 Å². The Balaban J connectivity index is 4.60. The zero-order valence-electron chi connectivity index (χ0n) is 16.2. The average molecular weight is 379 g/mol. The van der Waals surface area contributed by atoms with Crippen LogP contribution in [0.3, 0.4) is 0 Å². The van der Waals surface area contributed by atoms with Crippen molar-refractivity contribution in [3.63, 3.8) is 0 Å². The summed E-state index contributed by atoms with van der Waals surface area (Å²) in [5.41, 5.74) is 0. The van der Waals surface area contributed by atoms with E-state index in [0.29, 0.717) is 19.3 Å². The molecule has 0 saturated heterocycles. The van der Waals surface area contributed by atoms with Crippen molar-refractivity contribution < 1.29 is 22.9 Å². The van der Waals surface area contributed by atoms with E-state index in [4.69, 9.17) is 13.3 Å². The highest BCUT2D eigenvalue weighted by molar-refractivity contribution is 6.72. The van der Waals surface area contributed by atoms with Crippen LogP contribution in [0.5, 0.6) is 0 Å². The van der Waals surface area contributed by atoms with Crippen LogP contribution in [0, 0.1) is 0 Å². The van der Waals surface area contributed by atoms with E-state index in [1.165, 1.54) is 0 Å². The molecule has 0 heterocycles. The molecule has 0 aliphatic carbocycles. The summed E-state index contributed by atoms with van der Waals surface area (Å²) in [6, 6.07) is 0. The first-order chi connectivity index (χ1) is 10.1. The lowest BCUT2D eigenvalue weighted by molar-refractivity contribution is -0.144. The van der Waals surface area contributed by atoms with Gasteiger partial charge in [0.1, 0.15) is 6.10 Å². The Morgan fingerprint density at radius 1 is 0.783 bits per heavy atom. The summed E-state index contributed by atoms with van der Waals surface area (Å²) < 4.78 is 17.0. The van der Waals surface area contributed by atoms with Gasteiger partial charge in [0.2, 0.25) is 16.6 Å². The Labute approximate surface area is 144 Å². The van der Waals surface area contributed by atoms with Crippen LogP contribution in [-0.4, -0.2) is 43.0 Å². The van der Waals surface area contributed by atoms with Gasteiger partial charge in [0.05, 0.1) is 0 Å². The molecule has 8 heteroatoms. The molecule has 0 saturated carbocycles. The summed E-state index contributed by atoms with van der Waals surface area (Å²) in [7, 11) is -5.67. The van der Waals surface area contributed by atoms with Gasteiger partial charge in [0.25, 0.3) is 5.97 Å². The summed E-state index contributed by atoms with van der Waals surface area (Å²) in [6.07, 6.45) is 0.803. The van der Waals surface area contributed by atoms with Crippen molar-refractivity contribution in [3.05, 3.63) is 0 Å². The van der Waals surface area contributed by atoms with E-state index < -0.39 is 31.1 Å². The zero-order valence-corrected chi connectivity index (χ0v) is 19.2. The van der Waals surface area contributed by atoms with Crippen molar-refractivity contribution in [1.29, 1.82) is 0 Å². The largest absolute Gasteiger partial charge is 0.520 e. The van der Waals surface area contributed by atoms with E-state index in [-0.39, 0.29) is 11.9 Å². The Hall–Kier alpha value is -0.449. The second kappa shape index (κ2) is 8.59. The molecule has 23 heavy (non-hydrogen) atoms. The van der Waals surface area contributed by atoms with Gasteiger partial charge in [0.15, 0.2) is 8.32 Å². The first-order valence-electron chi connectivity index (χ1n) is 8.22. The molecule has 1 unspecified atom stereocenters. The summed E-state index contributed by atoms with van der Waals surface area (Å²) >= 11 is 0. The molecular formula is C15H34O5Si3.